The van der Waals surface area contributed by atoms with E-state index < -0.39 is 17.9 Å². The zero-order chi connectivity index (χ0) is 23.8. The van der Waals surface area contributed by atoms with Crippen molar-refractivity contribution in [3.8, 4) is 39.5 Å². The van der Waals surface area contributed by atoms with Crippen LogP contribution in [0.15, 0.2) is 105 Å². The molecule has 0 radical (unpaired) electrons. The number of benzene rings is 3. The smallest absolute Gasteiger partial charge is 0.335 e. The summed E-state index contributed by atoms with van der Waals surface area (Å²) in [5.74, 6) is -0.938. The van der Waals surface area contributed by atoms with Gasteiger partial charge in [0.05, 0.1) is 0 Å². The molecule has 164 valence electrons. The minimum atomic E-state index is -0.641. The maximum atomic E-state index is 11.8. The molecule has 0 saturated heterocycles. The Morgan fingerprint density at radius 2 is 0.970 bits per heavy atom. The van der Waals surface area contributed by atoms with Crippen LogP contribution in [-0.2, 0) is 14.4 Å². The minimum absolute atomic E-state index is 0.212. The normalized spacial score (nSPS) is 9.94. The first-order valence-electron chi connectivity index (χ1n) is 9.81. The van der Waals surface area contributed by atoms with Gasteiger partial charge in [-0.3, -0.25) is 0 Å². The lowest BCUT2D eigenvalue weighted by molar-refractivity contribution is -0.130. The van der Waals surface area contributed by atoms with Crippen molar-refractivity contribution in [2.45, 2.75) is 0 Å². The second-order valence-electron chi connectivity index (χ2n) is 6.64. The summed E-state index contributed by atoms with van der Waals surface area (Å²) in [5.41, 5.74) is 3.26. The van der Waals surface area contributed by atoms with Crippen LogP contribution in [0.1, 0.15) is 0 Å². The van der Waals surface area contributed by atoms with Gasteiger partial charge in [0.1, 0.15) is 17.2 Å². The molecule has 3 rings (SSSR count). The highest BCUT2D eigenvalue weighted by Gasteiger charge is 2.13. The number of carbonyl (C=O) groups excluding carboxylic acids is 3. The highest BCUT2D eigenvalue weighted by Crippen LogP contribution is 2.35. The number of carbonyl (C=O) groups is 3. The van der Waals surface area contributed by atoms with Crippen LogP contribution in [0.3, 0.4) is 0 Å². The SMILES string of the molecule is C=CC(=O)Oc1ccc(-c2ccc(-c3ccc(OC(=O)C=C)cc3OC(=O)C=C)cc2)cc1. The first-order chi connectivity index (χ1) is 15.9. The van der Waals surface area contributed by atoms with Crippen molar-refractivity contribution in [1.82, 2.24) is 0 Å². The van der Waals surface area contributed by atoms with Crippen LogP contribution in [0.5, 0.6) is 17.2 Å². The summed E-state index contributed by atoms with van der Waals surface area (Å²) in [6.45, 7) is 10.1. The molecule has 0 spiro atoms. The lowest BCUT2D eigenvalue weighted by Gasteiger charge is -2.12. The molecule has 3 aromatic carbocycles. The van der Waals surface area contributed by atoms with Gasteiger partial charge in [-0.05, 0) is 41.0 Å². The zero-order valence-electron chi connectivity index (χ0n) is 17.7. The fourth-order valence-electron chi connectivity index (χ4n) is 2.91. The molecular weight excluding hydrogens is 420 g/mol. The summed E-state index contributed by atoms with van der Waals surface area (Å²) in [5, 5.41) is 0. The Morgan fingerprint density at radius 1 is 0.545 bits per heavy atom. The third kappa shape index (κ3) is 5.92. The molecule has 0 aliphatic rings. The Kier molecular flexibility index (Phi) is 7.34. The third-order valence-corrected chi connectivity index (χ3v) is 4.48. The van der Waals surface area contributed by atoms with Gasteiger partial charge >= 0.3 is 17.9 Å². The summed E-state index contributed by atoms with van der Waals surface area (Å²) in [6, 6.07) is 19.4. The van der Waals surface area contributed by atoms with Crippen molar-refractivity contribution in [3.05, 3.63) is 105 Å². The molecule has 33 heavy (non-hydrogen) atoms. The summed E-state index contributed by atoms with van der Waals surface area (Å²) in [6.07, 6.45) is 3.19. The van der Waals surface area contributed by atoms with E-state index >= 15 is 0 Å². The molecule has 0 atom stereocenters. The standard InChI is InChI=1S/C27H20O6/c1-4-25(28)31-21-13-11-19(12-14-21)18-7-9-20(10-8-18)23-16-15-22(32-26(29)5-2)17-24(23)33-27(30)6-3/h4-17H,1-3H2. The van der Waals surface area contributed by atoms with E-state index in [0.717, 1.165) is 34.9 Å². The molecular formula is C27H20O6. The quantitative estimate of drug-likeness (QED) is 0.269. The van der Waals surface area contributed by atoms with E-state index in [2.05, 4.69) is 19.7 Å². The lowest BCUT2D eigenvalue weighted by Crippen LogP contribution is -2.06. The van der Waals surface area contributed by atoms with Crippen LogP contribution in [0.4, 0.5) is 0 Å². The van der Waals surface area contributed by atoms with Crippen molar-refractivity contribution in [2.75, 3.05) is 0 Å². The second kappa shape index (κ2) is 10.5. The Balaban J connectivity index is 1.88. The first-order valence-corrected chi connectivity index (χ1v) is 9.81. The van der Waals surface area contributed by atoms with Crippen molar-refractivity contribution in [3.63, 3.8) is 0 Å². The predicted molar refractivity (Wildman–Crippen MR) is 125 cm³/mol. The van der Waals surface area contributed by atoms with E-state index in [0.29, 0.717) is 11.3 Å². The highest BCUT2D eigenvalue weighted by molar-refractivity contribution is 5.87. The number of hydrogen-bond acceptors (Lipinski definition) is 6. The Labute approximate surface area is 191 Å². The molecule has 0 fully saturated rings. The molecule has 0 unspecified atom stereocenters. The van der Waals surface area contributed by atoms with Gasteiger partial charge in [-0.25, -0.2) is 14.4 Å². The van der Waals surface area contributed by atoms with Gasteiger partial charge in [0.2, 0.25) is 0 Å². The maximum Gasteiger partial charge on any atom is 0.335 e. The summed E-state index contributed by atoms with van der Waals surface area (Å²) >= 11 is 0. The van der Waals surface area contributed by atoms with E-state index in [-0.39, 0.29) is 11.5 Å². The van der Waals surface area contributed by atoms with Crippen LogP contribution >= 0.6 is 0 Å². The summed E-state index contributed by atoms with van der Waals surface area (Å²) in [7, 11) is 0. The van der Waals surface area contributed by atoms with Crippen LogP contribution in [0, 0.1) is 0 Å². The van der Waals surface area contributed by atoms with Crippen molar-refractivity contribution in [1.29, 1.82) is 0 Å². The summed E-state index contributed by atoms with van der Waals surface area (Å²) < 4.78 is 15.6. The fourth-order valence-corrected chi connectivity index (χ4v) is 2.91. The molecule has 0 saturated carbocycles. The van der Waals surface area contributed by atoms with Crippen LogP contribution in [-0.4, -0.2) is 17.9 Å². The molecule has 0 aliphatic heterocycles. The first kappa shape index (κ1) is 23.0. The Hall–Kier alpha value is -4.71. The molecule has 0 N–H and O–H groups in total. The van der Waals surface area contributed by atoms with Gasteiger partial charge in [0, 0.05) is 29.9 Å². The van der Waals surface area contributed by atoms with Crippen LogP contribution < -0.4 is 14.2 Å². The van der Waals surface area contributed by atoms with Gasteiger partial charge in [-0.1, -0.05) is 56.1 Å². The summed E-state index contributed by atoms with van der Waals surface area (Å²) in [4.78, 5) is 34.6. The van der Waals surface area contributed by atoms with Crippen LogP contribution in [0.2, 0.25) is 0 Å². The number of esters is 3. The lowest BCUT2D eigenvalue weighted by atomic mass is 9.99. The van der Waals surface area contributed by atoms with Gasteiger partial charge in [-0.2, -0.15) is 0 Å². The minimum Gasteiger partial charge on any atom is -0.423 e. The van der Waals surface area contributed by atoms with Crippen molar-refractivity contribution >= 4 is 17.9 Å². The molecule has 6 heteroatoms. The van der Waals surface area contributed by atoms with Gasteiger partial charge in [0.15, 0.2) is 0 Å². The van der Waals surface area contributed by atoms with Gasteiger partial charge < -0.3 is 14.2 Å². The number of rotatable bonds is 8. The van der Waals surface area contributed by atoms with E-state index in [1.54, 1.807) is 24.3 Å². The van der Waals surface area contributed by atoms with E-state index in [4.69, 9.17) is 14.2 Å². The largest absolute Gasteiger partial charge is 0.423 e. The zero-order valence-corrected chi connectivity index (χ0v) is 17.7. The van der Waals surface area contributed by atoms with Crippen molar-refractivity contribution in [2.24, 2.45) is 0 Å². The van der Waals surface area contributed by atoms with E-state index in [1.807, 2.05) is 36.4 Å². The third-order valence-electron chi connectivity index (χ3n) is 4.48. The van der Waals surface area contributed by atoms with E-state index in [9.17, 15) is 14.4 Å². The molecule has 3 aromatic rings. The second-order valence-corrected chi connectivity index (χ2v) is 6.64. The van der Waals surface area contributed by atoms with Gasteiger partial charge in [-0.15, -0.1) is 0 Å². The average Bonchev–Trinajstić information content (AvgIpc) is 2.84. The van der Waals surface area contributed by atoms with Crippen LogP contribution in [0.25, 0.3) is 22.3 Å². The van der Waals surface area contributed by atoms with Crippen molar-refractivity contribution < 1.29 is 28.6 Å². The molecule has 0 aromatic heterocycles. The maximum absolute atomic E-state index is 11.8. The molecule has 0 bridgehead atoms. The number of ether oxygens (including phenoxy) is 3. The Bertz CT molecular complexity index is 1220. The average molecular weight is 440 g/mol. The molecule has 6 nitrogen and oxygen atoms in total. The fraction of sp³-hybridized carbons (Fsp3) is 0. The topological polar surface area (TPSA) is 78.9 Å². The molecule has 0 amide bonds. The van der Waals surface area contributed by atoms with Gasteiger partial charge in [0.25, 0.3) is 0 Å². The Morgan fingerprint density at radius 3 is 1.52 bits per heavy atom. The molecule has 0 heterocycles. The number of hydrogen-bond donors (Lipinski definition) is 0. The molecule has 0 aliphatic carbocycles. The predicted octanol–water partition coefficient (Wildman–Crippen LogP) is 5.29. The monoisotopic (exact) mass is 440 g/mol. The highest BCUT2D eigenvalue weighted by atomic mass is 16.5. The van der Waals surface area contributed by atoms with E-state index in [1.165, 1.54) is 6.07 Å².